The van der Waals surface area contributed by atoms with E-state index < -0.39 is 5.97 Å². The van der Waals surface area contributed by atoms with E-state index in [9.17, 15) is 9.59 Å². The lowest BCUT2D eigenvalue weighted by Gasteiger charge is -2.36. The summed E-state index contributed by atoms with van der Waals surface area (Å²) < 4.78 is 4.88. The van der Waals surface area contributed by atoms with Gasteiger partial charge in [-0.05, 0) is 43.5 Å². The molecule has 0 bridgehead atoms. The quantitative estimate of drug-likeness (QED) is 0.842. The number of nitrogens with zero attached hydrogens (tertiary/aromatic N) is 2. The van der Waals surface area contributed by atoms with Crippen LogP contribution in [0.25, 0.3) is 0 Å². The van der Waals surface area contributed by atoms with Gasteiger partial charge in [-0.15, -0.1) is 0 Å². The molecule has 0 atom stereocenters. The molecule has 1 aromatic heterocycles. The number of carbonyl (C=O) groups is 2. The van der Waals surface area contributed by atoms with E-state index in [0.29, 0.717) is 36.3 Å². The van der Waals surface area contributed by atoms with Gasteiger partial charge >= 0.3 is 5.97 Å². The van der Waals surface area contributed by atoms with Gasteiger partial charge in [0.25, 0.3) is 5.91 Å². The summed E-state index contributed by atoms with van der Waals surface area (Å²) in [6.07, 6.45) is 0.639. The van der Waals surface area contributed by atoms with Crippen molar-refractivity contribution in [2.45, 2.75) is 27.2 Å². The van der Waals surface area contributed by atoms with Crippen LogP contribution in [-0.4, -0.2) is 55.0 Å². The van der Waals surface area contributed by atoms with Gasteiger partial charge in [0, 0.05) is 37.6 Å². The summed E-state index contributed by atoms with van der Waals surface area (Å²) >= 11 is 0. The second-order valence-electron chi connectivity index (χ2n) is 6.94. The Morgan fingerprint density at radius 3 is 2.44 bits per heavy atom. The third kappa shape index (κ3) is 3.70. The minimum atomic E-state index is -0.399. The Morgan fingerprint density at radius 2 is 1.85 bits per heavy atom. The third-order valence-electron chi connectivity index (χ3n) is 5.22. The highest BCUT2D eigenvalue weighted by atomic mass is 16.5. The Bertz CT molecular complexity index is 848. The lowest BCUT2D eigenvalue weighted by atomic mass is 10.1. The Labute approximate surface area is 160 Å². The van der Waals surface area contributed by atoms with Crippen molar-refractivity contribution in [2.24, 2.45) is 0 Å². The smallest absolute Gasteiger partial charge is 0.339 e. The maximum absolute atomic E-state index is 13.0. The molecule has 0 radical (unpaired) electrons. The van der Waals surface area contributed by atoms with Gasteiger partial charge < -0.3 is 19.5 Å². The van der Waals surface area contributed by atoms with Crippen molar-refractivity contribution in [3.05, 3.63) is 52.3 Å². The lowest BCUT2D eigenvalue weighted by Crippen LogP contribution is -2.49. The Hall–Kier alpha value is -2.76. The molecule has 6 nitrogen and oxygen atoms in total. The molecule has 0 unspecified atom stereocenters. The zero-order valence-corrected chi connectivity index (χ0v) is 16.5. The first-order chi connectivity index (χ1) is 13.0. The van der Waals surface area contributed by atoms with Crippen molar-refractivity contribution >= 4 is 17.6 Å². The average Bonchev–Trinajstić information content (AvgIpc) is 3.03. The minimum Gasteiger partial charge on any atom is -0.465 e. The van der Waals surface area contributed by atoms with Crippen LogP contribution < -0.4 is 4.90 Å². The van der Waals surface area contributed by atoms with Crippen LogP contribution in [0.4, 0.5) is 5.69 Å². The highest BCUT2D eigenvalue weighted by Gasteiger charge is 2.28. The van der Waals surface area contributed by atoms with Gasteiger partial charge in [-0.25, -0.2) is 4.79 Å². The van der Waals surface area contributed by atoms with Crippen LogP contribution in [0.15, 0.2) is 24.3 Å². The number of hydrogen-bond acceptors (Lipinski definition) is 4. The van der Waals surface area contributed by atoms with Crippen molar-refractivity contribution in [3.63, 3.8) is 0 Å². The first-order valence-corrected chi connectivity index (χ1v) is 9.36. The van der Waals surface area contributed by atoms with E-state index in [4.69, 9.17) is 4.74 Å². The first-order valence-electron chi connectivity index (χ1n) is 9.36. The number of amides is 1. The van der Waals surface area contributed by atoms with Crippen LogP contribution in [0.3, 0.4) is 0 Å². The number of nitrogens with one attached hydrogen (secondary N) is 1. The van der Waals surface area contributed by atoms with Gasteiger partial charge in [0.2, 0.25) is 0 Å². The van der Waals surface area contributed by atoms with E-state index in [2.05, 4.69) is 41.1 Å². The molecule has 2 aromatic rings. The van der Waals surface area contributed by atoms with Crippen molar-refractivity contribution in [1.29, 1.82) is 0 Å². The molecule has 1 saturated heterocycles. The molecular weight excluding hydrogens is 342 g/mol. The predicted octanol–water partition coefficient (Wildman–Crippen LogP) is 2.94. The zero-order chi connectivity index (χ0) is 19.6. The summed E-state index contributed by atoms with van der Waals surface area (Å²) in [6.45, 7) is 8.73. The van der Waals surface area contributed by atoms with Gasteiger partial charge in [-0.2, -0.15) is 0 Å². The number of H-pyrrole nitrogens is 1. The minimum absolute atomic E-state index is 0.0544. The lowest BCUT2D eigenvalue weighted by molar-refractivity contribution is 0.0599. The molecule has 27 heavy (non-hydrogen) atoms. The second kappa shape index (κ2) is 7.86. The largest absolute Gasteiger partial charge is 0.465 e. The number of carbonyl (C=O) groups excluding carboxylic acids is 2. The molecule has 6 heteroatoms. The SMILES string of the molecule is CCc1[nH]c(C(=O)N2CCN(c3cccc(C)c3)CC2)c(C)c1C(=O)OC. The van der Waals surface area contributed by atoms with Crippen LogP contribution in [0.2, 0.25) is 0 Å². The van der Waals surface area contributed by atoms with Crippen LogP contribution in [0, 0.1) is 13.8 Å². The number of piperazine rings is 1. The normalized spacial score (nSPS) is 14.4. The third-order valence-corrected chi connectivity index (χ3v) is 5.22. The molecule has 3 rings (SSSR count). The number of rotatable bonds is 4. The molecule has 1 fully saturated rings. The van der Waals surface area contributed by atoms with E-state index in [-0.39, 0.29) is 5.91 Å². The average molecular weight is 369 g/mol. The number of anilines is 1. The standard InChI is InChI=1S/C21H27N3O3/c1-5-17-18(21(26)27-4)15(3)19(22-17)20(25)24-11-9-23(10-12-24)16-8-6-7-14(2)13-16/h6-8,13,22H,5,9-12H2,1-4H3. The fourth-order valence-electron chi connectivity index (χ4n) is 3.67. The molecule has 144 valence electrons. The van der Waals surface area contributed by atoms with Gasteiger partial charge in [0.05, 0.1) is 12.7 Å². The van der Waals surface area contributed by atoms with Gasteiger partial charge in [-0.1, -0.05) is 19.1 Å². The van der Waals surface area contributed by atoms with Gasteiger partial charge in [0.1, 0.15) is 5.69 Å². The summed E-state index contributed by atoms with van der Waals surface area (Å²) in [5, 5.41) is 0. The molecule has 1 aliphatic rings. The monoisotopic (exact) mass is 369 g/mol. The number of aromatic amines is 1. The maximum Gasteiger partial charge on any atom is 0.339 e. The van der Waals surface area contributed by atoms with Crippen molar-refractivity contribution < 1.29 is 14.3 Å². The Kier molecular flexibility index (Phi) is 5.54. The van der Waals surface area contributed by atoms with Gasteiger partial charge in [-0.3, -0.25) is 4.79 Å². The van der Waals surface area contributed by atoms with Crippen molar-refractivity contribution in [1.82, 2.24) is 9.88 Å². The molecular formula is C21H27N3O3. The fraction of sp³-hybridized carbons (Fsp3) is 0.429. The van der Waals surface area contributed by atoms with E-state index >= 15 is 0 Å². The van der Waals surface area contributed by atoms with Gasteiger partial charge in [0.15, 0.2) is 0 Å². The molecule has 1 N–H and O–H groups in total. The predicted molar refractivity (Wildman–Crippen MR) is 106 cm³/mol. The number of aryl methyl sites for hydroxylation is 2. The number of esters is 1. The molecule has 0 spiro atoms. The van der Waals surface area contributed by atoms with E-state index in [0.717, 1.165) is 18.8 Å². The van der Waals surface area contributed by atoms with E-state index in [1.165, 1.54) is 18.4 Å². The zero-order valence-electron chi connectivity index (χ0n) is 16.5. The number of hydrogen-bond donors (Lipinski definition) is 1. The summed E-state index contributed by atoms with van der Waals surface area (Å²) in [6, 6.07) is 8.42. The number of ether oxygens (including phenoxy) is 1. The van der Waals surface area contributed by atoms with E-state index in [1.807, 2.05) is 11.8 Å². The molecule has 0 aliphatic carbocycles. The molecule has 1 amide bonds. The summed E-state index contributed by atoms with van der Waals surface area (Å²) in [5.74, 6) is -0.454. The van der Waals surface area contributed by atoms with Crippen LogP contribution in [0.5, 0.6) is 0 Å². The number of methoxy groups -OCH3 is 1. The second-order valence-corrected chi connectivity index (χ2v) is 6.94. The highest BCUT2D eigenvalue weighted by Crippen LogP contribution is 2.23. The molecule has 2 heterocycles. The highest BCUT2D eigenvalue weighted by molar-refractivity contribution is 6.00. The summed E-state index contributed by atoms with van der Waals surface area (Å²) in [4.78, 5) is 32.4. The maximum atomic E-state index is 13.0. The summed E-state index contributed by atoms with van der Waals surface area (Å²) in [7, 11) is 1.36. The molecule has 1 aliphatic heterocycles. The number of benzene rings is 1. The van der Waals surface area contributed by atoms with Crippen LogP contribution >= 0.6 is 0 Å². The molecule has 1 aromatic carbocycles. The van der Waals surface area contributed by atoms with Crippen LogP contribution in [0.1, 0.15) is 44.6 Å². The Morgan fingerprint density at radius 1 is 1.15 bits per heavy atom. The van der Waals surface area contributed by atoms with Crippen molar-refractivity contribution in [3.8, 4) is 0 Å². The number of aromatic nitrogens is 1. The first kappa shape index (κ1) is 19.0. The fourth-order valence-corrected chi connectivity index (χ4v) is 3.67. The van der Waals surface area contributed by atoms with E-state index in [1.54, 1.807) is 6.92 Å². The van der Waals surface area contributed by atoms with Crippen molar-refractivity contribution in [2.75, 3.05) is 38.2 Å². The topological polar surface area (TPSA) is 65.6 Å². The Balaban J connectivity index is 1.74. The summed E-state index contributed by atoms with van der Waals surface area (Å²) in [5.41, 5.74) is 4.83. The van der Waals surface area contributed by atoms with Crippen LogP contribution in [-0.2, 0) is 11.2 Å². The molecule has 0 saturated carbocycles.